The van der Waals surface area contributed by atoms with Crippen LogP contribution < -0.4 is 0 Å². The van der Waals surface area contributed by atoms with E-state index in [4.69, 9.17) is 9.46 Å². The SMILES string of the molecule is CCCCCCCCC[CH2][Al][CH2]CCCCCCCCC.O=PO. The van der Waals surface area contributed by atoms with Crippen LogP contribution in [0.25, 0.3) is 0 Å². The summed E-state index contributed by atoms with van der Waals surface area (Å²) in [5.74, 6) is 0. The lowest BCUT2D eigenvalue weighted by Crippen LogP contribution is -1.90. The van der Waals surface area contributed by atoms with Crippen LogP contribution in [0, 0.1) is 0 Å². The van der Waals surface area contributed by atoms with Crippen molar-refractivity contribution in [3.8, 4) is 0 Å². The molecule has 1 N–H and O–H groups in total. The van der Waals surface area contributed by atoms with Gasteiger partial charge in [0.2, 0.25) is 0 Å². The summed E-state index contributed by atoms with van der Waals surface area (Å²) in [5, 5.41) is 3.15. The topological polar surface area (TPSA) is 37.3 Å². The molecular formula is C20H43AlO2P. The monoisotopic (exact) mass is 373 g/mol. The molecule has 0 atom stereocenters. The van der Waals surface area contributed by atoms with Crippen molar-refractivity contribution >= 4 is 23.9 Å². The van der Waals surface area contributed by atoms with Gasteiger partial charge in [-0.1, -0.05) is 117 Å². The van der Waals surface area contributed by atoms with Crippen LogP contribution in [-0.4, -0.2) is 20.1 Å². The third-order valence-electron chi connectivity index (χ3n) is 4.52. The summed E-state index contributed by atoms with van der Waals surface area (Å²) in [7, 11) is -0.833. The van der Waals surface area contributed by atoms with Gasteiger partial charge in [-0.15, -0.1) is 10.6 Å². The van der Waals surface area contributed by atoms with Crippen LogP contribution in [-0.2, 0) is 4.57 Å². The second kappa shape index (κ2) is 28.4. The molecule has 143 valence electrons. The zero-order chi connectivity index (χ0) is 18.1. The predicted molar refractivity (Wildman–Crippen MR) is 110 cm³/mol. The van der Waals surface area contributed by atoms with Gasteiger partial charge in [0.25, 0.3) is 0 Å². The molecule has 24 heavy (non-hydrogen) atoms. The van der Waals surface area contributed by atoms with Crippen LogP contribution >= 0.6 is 8.69 Å². The largest absolute Gasteiger partial charge is 0.324 e. The summed E-state index contributed by atoms with van der Waals surface area (Å²) in [6.45, 7) is 4.60. The summed E-state index contributed by atoms with van der Waals surface area (Å²) >= 11 is 0.786. The number of rotatable bonds is 18. The van der Waals surface area contributed by atoms with Crippen LogP contribution in [0.2, 0.25) is 10.6 Å². The van der Waals surface area contributed by atoms with Crippen molar-refractivity contribution in [1.29, 1.82) is 0 Å². The first-order valence-corrected chi connectivity index (χ1v) is 13.0. The van der Waals surface area contributed by atoms with E-state index in [0.717, 1.165) is 15.2 Å². The lowest BCUT2D eigenvalue weighted by molar-refractivity contribution is 0.524. The summed E-state index contributed by atoms with van der Waals surface area (Å²) in [5.41, 5.74) is 0. The van der Waals surface area contributed by atoms with Gasteiger partial charge in [-0.25, -0.2) is 4.57 Å². The molecule has 0 aliphatic heterocycles. The van der Waals surface area contributed by atoms with Gasteiger partial charge in [0.05, 0.1) is 0 Å². The van der Waals surface area contributed by atoms with Gasteiger partial charge in [-0.3, -0.25) is 0 Å². The van der Waals surface area contributed by atoms with Gasteiger partial charge in [0.15, 0.2) is 15.2 Å². The van der Waals surface area contributed by atoms with Crippen LogP contribution in [0.4, 0.5) is 0 Å². The average molecular weight is 374 g/mol. The van der Waals surface area contributed by atoms with Crippen LogP contribution in [0.5, 0.6) is 0 Å². The summed E-state index contributed by atoms with van der Waals surface area (Å²) in [6.07, 6.45) is 23.6. The van der Waals surface area contributed by atoms with Gasteiger partial charge >= 0.3 is 8.69 Å². The molecule has 1 radical (unpaired) electrons. The minimum absolute atomic E-state index is 0.786. The van der Waals surface area contributed by atoms with E-state index < -0.39 is 8.69 Å². The summed E-state index contributed by atoms with van der Waals surface area (Å²) in [6, 6.07) is 0. The van der Waals surface area contributed by atoms with E-state index in [-0.39, 0.29) is 0 Å². The smallest absolute Gasteiger partial charge is 0.310 e. The van der Waals surface area contributed by atoms with Gasteiger partial charge in [-0.05, 0) is 0 Å². The highest BCUT2D eigenvalue weighted by Crippen LogP contribution is 2.12. The second-order valence-corrected chi connectivity index (χ2v) is 8.79. The van der Waals surface area contributed by atoms with Crippen molar-refractivity contribution in [2.75, 3.05) is 0 Å². The van der Waals surface area contributed by atoms with Gasteiger partial charge in [-0.2, -0.15) is 0 Å². The molecule has 0 unspecified atom stereocenters. The van der Waals surface area contributed by atoms with E-state index in [1.165, 1.54) is 103 Å². The van der Waals surface area contributed by atoms with Crippen LogP contribution in [0.15, 0.2) is 0 Å². The fraction of sp³-hybridized carbons (Fsp3) is 1.00. The number of unbranched alkanes of at least 4 members (excludes halogenated alkanes) is 14. The van der Waals surface area contributed by atoms with Crippen LogP contribution in [0.1, 0.15) is 117 Å². The molecule has 0 spiro atoms. The van der Waals surface area contributed by atoms with Gasteiger partial charge in [0, 0.05) is 0 Å². The molecule has 0 aromatic rings. The molecule has 0 aliphatic rings. The van der Waals surface area contributed by atoms with Gasteiger partial charge < -0.3 is 4.89 Å². The van der Waals surface area contributed by atoms with Crippen molar-refractivity contribution in [3.05, 3.63) is 0 Å². The van der Waals surface area contributed by atoms with Gasteiger partial charge in [0.1, 0.15) is 0 Å². The first-order chi connectivity index (χ1) is 11.8. The molecule has 0 fully saturated rings. The third-order valence-corrected chi connectivity index (χ3v) is 6.16. The minimum atomic E-state index is -0.833. The molecule has 2 nitrogen and oxygen atoms in total. The summed E-state index contributed by atoms with van der Waals surface area (Å²) in [4.78, 5) is 6.99. The molecule has 0 bridgehead atoms. The Kier molecular flexibility index (Phi) is 31.7. The zero-order valence-electron chi connectivity index (χ0n) is 16.6. The number of hydrogen-bond acceptors (Lipinski definition) is 1. The highest BCUT2D eigenvalue weighted by molar-refractivity contribution is 7.16. The highest BCUT2D eigenvalue weighted by atomic mass is 31.1. The lowest BCUT2D eigenvalue weighted by atomic mass is 10.1. The Bertz CT molecular complexity index is 198. The number of hydrogen-bond donors (Lipinski definition) is 1. The highest BCUT2D eigenvalue weighted by Gasteiger charge is 1.96. The zero-order valence-corrected chi connectivity index (χ0v) is 18.7. The van der Waals surface area contributed by atoms with Crippen molar-refractivity contribution in [2.45, 2.75) is 127 Å². The minimum Gasteiger partial charge on any atom is -0.310 e. The first-order valence-electron chi connectivity index (χ1n) is 10.6. The van der Waals surface area contributed by atoms with E-state index in [2.05, 4.69) is 13.8 Å². The Hall–Kier alpha value is 0.592. The standard InChI is InChI=1S/2C10H21.Al.HO2P/c2*1-3-5-7-9-10-8-6-4-2;;1-3-2/h2*1,3-10H2,2H3;;(H,1,2). The normalized spacial score (nSPS) is 10.5. The Morgan fingerprint density at radius 1 is 0.583 bits per heavy atom. The fourth-order valence-electron chi connectivity index (χ4n) is 2.99. The predicted octanol–water partition coefficient (Wildman–Crippen LogP) is 7.99. The summed E-state index contributed by atoms with van der Waals surface area (Å²) < 4.78 is 8.46. The molecule has 0 aromatic heterocycles. The van der Waals surface area contributed by atoms with Crippen molar-refractivity contribution in [1.82, 2.24) is 0 Å². The molecule has 0 saturated carbocycles. The Balaban J connectivity index is 0. The Morgan fingerprint density at radius 2 is 0.833 bits per heavy atom. The van der Waals surface area contributed by atoms with Crippen molar-refractivity contribution < 1.29 is 9.46 Å². The maximum atomic E-state index is 8.46. The first kappa shape index (κ1) is 26.8. The van der Waals surface area contributed by atoms with E-state index in [9.17, 15) is 0 Å². The van der Waals surface area contributed by atoms with E-state index in [1.54, 1.807) is 10.6 Å². The van der Waals surface area contributed by atoms with Crippen molar-refractivity contribution in [3.63, 3.8) is 0 Å². The third kappa shape index (κ3) is 30.5. The Labute approximate surface area is 160 Å². The quantitative estimate of drug-likeness (QED) is 0.150. The molecule has 0 saturated heterocycles. The molecule has 0 amide bonds. The second-order valence-electron chi connectivity index (χ2n) is 6.90. The maximum Gasteiger partial charge on any atom is 0.324 e. The molecular weight excluding hydrogens is 330 g/mol. The van der Waals surface area contributed by atoms with Crippen molar-refractivity contribution in [2.24, 2.45) is 0 Å². The van der Waals surface area contributed by atoms with Crippen LogP contribution in [0.3, 0.4) is 0 Å². The van der Waals surface area contributed by atoms with E-state index >= 15 is 0 Å². The fourth-order valence-corrected chi connectivity index (χ4v) is 4.43. The Morgan fingerprint density at radius 3 is 1.12 bits per heavy atom. The molecule has 0 aromatic carbocycles. The molecule has 0 heterocycles. The average Bonchev–Trinajstić information content (AvgIpc) is 2.58. The molecule has 4 heteroatoms. The molecule has 0 rings (SSSR count). The molecule has 0 aliphatic carbocycles. The van der Waals surface area contributed by atoms with E-state index in [0.29, 0.717) is 0 Å². The maximum absolute atomic E-state index is 8.46. The lowest BCUT2D eigenvalue weighted by Gasteiger charge is -2.02. The van der Waals surface area contributed by atoms with E-state index in [1.807, 2.05) is 0 Å².